The Balaban J connectivity index is 1.27. The Morgan fingerprint density at radius 3 is 2.96 bits per heavy atom. The van der Waals surface area contributed by atoms with Crippen molar-refractivity contribution in [1.82, 2.24) is 19.8 Å². The van der Waals surface area contributed by atoms with Gasteiger partial charge >= 0.3 is 0 Å². The first-order valence-electron chi connectivity index (χ1n) is 9.06. The van der Waals surface area contributed by atoms with Crippen molar-refractivity contribution >= 4 is 11.0 Å². The summed E-state index contributed by atoms with van der Waals surface area (Å²) in [5, 5.41) is 0. The summed E-state index contributed by atoms with van der Waals surface area (Å²) in [5.41, 5.74) is 3.54. The highest BCUT2D eigenvalue weighted by Gasteiger charge is 2.37. The highest BCUT2D eigenvalue weighted by atomic mass is 15.2. The van der Waals surface area contributed by atoms with Crippen LogP contribution in [-0.4, -0.2) is 59.0 Å². The van der Waals surface area contributed by atoms with Crippen LogP contribution in [0, 0.1) is 12.8 Å². The van der Waals surface area contributed by atoms with Gasteiger partial charge in [0.1, 0.15) is 5.82 Å². The Kier molecular flexibility index (Phi) is 4.12. The lowest BCUT2D eigenvalue weighted by molar-refractivity contribution is 0.184. The second kappa shape index (κ2) is 6.25. The minimum atomic E-state index is 0.895. The van der Waals surface area contributed by atoms with Crippen LogP contribution in [0.5, 0.6) is 0 Å². The van der Waals surface area contributed by atoms with Crippen molar-refractivity contribution < 1.29 is 0 Å². The lowest BCUT2D eigenvalue weighted by atomic mass is 10.1. The maximum Gasteiger partial charge on any atom is 0.108 e. The summed E-state index contributed by atoms with van der Waals surface area (Å²) < 4.78 is 0. The first kappa shape index (κ1) is 15.2. The number of para-hydroxylation sites is 1. The molecule has 0 unspecified atom stereocenters. The standard InChI is InChI=1S/C19H28N4/c1-14-4-3-5-17-19(14)21-18(20-17)8-9-22(2)10-11-23-13-15-6-7-16(23)12-15/h3-5,15-16H,6-13H2,1-2H3,(H,20,21)/t15-,16+/m0/s1. The van der Waals surface area contributed by atoms with Crippen LogP contribution in [-0.2, 0) is 6.42 Å². The Morgan fingerprint density at radius 2 is 2.22 bits per heavy atom. The minimum Gasteiger partial charge on any atom is -0.342 e. The van der Waals surface area contributed by atoms with Crippen molar-refractivity contribution in [2.75, 3.05) is 33.2 Å². The Bertz CT molecular complexity index is 677. The Morgan fingerprint density at radius 1 is 1.30 bits per heavy atom. The SMILES string of the molecule is Cc1cccc2[nH]c(CCN(C)CCN3C[C@H]4CC[C@@H]3C4)nc12. The number of aromatic nitrogens is 2. The zero-order valence-electron chi connectivity index (χ0n) is 14.4. The number of hydrogen-bond acceptors (Lipinski definition) is 3. The number of nitrogens with zero attached hydrogens (tertiary/aromatic N) is 3. The fourth-order valence-corrected chi connectivity index (χ4v) is 4.35. The smallest absolute Gasteiger partial charge is 0.108 e. The molecule has 0 radical (unpaired) electrons. The van der Waals surface area contributed by atoms with E-state index in [4.69, 9.17) is 4.98 Å². The highest BCUT2D eigenvalue weighted by molar-refractivity contribution is 5.78. The van der Waals surface area contributed by atoms with Crippen molar-refractivity contribution in [3.8, 4) is 0 Å². The number of hydrogen-bond donors (Lipinski definition) is 1. The second-order valence-corrected chi connectivity index (χ2v) is 7.54. The van der Waals surface area contributed by atoms with Crippen molar-refractivity contribution in [2.45, 2.75) is 38.6 Å². The molecular weight excluding hydrogens is 284 g/mol. The molecule has 4 heteroatoms. The maximum atomic E-state index is 4.76. The van der Waals surface area contributed by atoms with E-state index < -0.39 is 0 Å². The van der Waals surface area contributed by atoms with Gasteiger partial charge in [-0.2, -0.15) is 0 Å². The number of piperidine rings is 1. The van der Waals surface area contributed by atoms with E-state index in [1.165, 1.54) is 44.5 Å². The number of aryl methyl sites for hydroxylation is 1. The largest absolute Gasteiger partial charge is 0.342 e. The molecule has 1 aliphatic carbocycles. The third-order valence-corrected chi connectivity index (χ3v) is 5.79. The van der Waals surface area contributed by atoms with Gasteiger partial charge in [0.15, 0.2) is 0 Å². The average Bonchev–Trinajstić information content (AvgIpc) is 3.26. The second-order valence-electron chi connectivity index (χ2n) is 7.54. The van der Waals surface area contributed by atoms with Gasteiger partial charge in [0.25, 0.3) is 0 Å². The predicted octanol–water partition coefficient (Wildman–Crippen LogP) is 2.83. The van der Waals surface area contributed by atoms with Crippen LogP contribution in [0.1, 0.15) is 30.7 Å². The summed E-state index contributed by atoms with van der Waals surface area (Å²) >= 11 is 0. The van der Waals surface area contributed by atoms with Crippen molar-refractivity contribution in [2.24, 2.45) is 5.92 Å². The van der Waals surface area contributed by atoms with Gasteiger partial charge in [-0.15, -0.1) is 0 Å². The maximum absolute atomic E-state index is 4.76. The van der Waals surface area contributed by atoms with E-state index in [-0.39, 0.29) is 0 Å². The van der Waals surface area contributed by atoms with Crippen molar-refractivity contribution in [3.05, 3.63) is 29.6 Å². The summed E-state index contributed by atoms with van der Waals surface area (Å²) in [6, 6.07) is 7.23. The predicted molar refractivity (Wildman–Crippen MR) is 94.7 cm³/mol. The van der Waals surface area contributed by atoms with E-state index in [1.54, 1.807) is 0 Å². The summed E-state index contributed by atoms with van der Waals surface area (Å²) in [4.78, 5) is 13.4. The van der Waals surface area contributed by atoms with Gasteiger partial charge in [-0.3, -0.25) is 4.90 Å². The van der Waals surface area contributed by atoms with Crippen LogP contribution in [0.2, 0.25) is 0 Å². The summed E-state index contributed by atoms with van der Waals surface area (Å²) in [7, 11) is 2.24. The number of likely N-dealkylation sites (N-methyl/N-ethyl adjacent to an activating group) is 1. The number of aromatic amines is 1. The quantitative estimate of drug-likeness (QED) is 0.891. The molecule has 2 aliphatic rings. The number of benzene rings is 1. The first-order valence-corrected chi connectivity index (χ1v) is 9.06. The summed E-state index contributed by atoms with van der Waals surface area (Å²) in [6.45, 7) is 6.95. The first-order chi connectivity index (χ1) is 11.2. The fraction of sp³-hybridized carbons (Fsp3) is 0.632. The average molecular weight is 312 g/mol. The molecule has 0 spiro atoms. The van der Waals surface area contributed by atoms with Crippen LogP contribution in [0.3, 0.4) is 0 Å². The van der Waals surface area contributed by atoms with Gasteiger partial charge in [0, 0.05) is 38.6 Å². The van der Waals surface area contributed by atoms with Crippen LogP contribution in [0.4, 0.5) is 0 Å². The molecule has 1 aromatic carbocycles. The summed E-state index contributed by atoms with van der Waals surface area (Å²) in [6.07, 6.45) is 5.37. The molecule has 1 saturated heterocycles. The van der Waals surface area contributed by atoms with Gasteiger partial charge in [0.05, 0.1) is 11.0 Å². The molecule has 4 rings (SSSR count). The number of nitrogens with one attached hydrogen (secondary N) is 1. The van der Waals surface area contributed by atoms with E-state index in [2.05, 4.69) is 47.0 Å². The van der Waals surface area contributed by atoms with Crippen molar-refractivity contribution in [3.63, 3.8) is 0 Å². The van der Waals surface area contributed by atoms with Gasteiger partial charge in [0.2, 0.25) is 0 Å². The van der Waals surface area contributed by atoms with E-state index in [1.807, 2.05) is 0 Å². The van der Waals surface area contributed by atoms with E-state index in [9.17, 15) is 0 Å². The van der Waals surface area contributed by atoms with Gasteiger partial charge < -0.3 is 9.88 Å². The molecule has 4 nitrogen and oxygen atoms in total. The lowest BCUT2D eigenvalue weighted by Gasteiger charge is -2.28. The third-order valence-electron chi connectivity index (χ3n) is 5.79. The minimum absolute atomic E-state index is 0.895. The van der Waals surface area contributed by atoms with E-state index in [0.717, 1.165) is 41.8 Å². The summed E-state index contributed by atoms with van der Waals surface area (Å²) in [5.74, 6) is 2.12. The molecule has 1 aliphatic heterocycles. The normalized spacial score (nSPS) is 24.3. The molecule has 2 heterocycles. The zero-order valence-corrected chi connectivity index (χ0v) is 14.4. The third kappa shape index (κ3) is 3.15. The molecule has 23 heavy (non-hydrogen) atoms. The number of rotatable bonds is 6. The number of imidazole rings is 1. The van der Waals surface area contributed by atoms with Crippen molar-refractivity contribution in [1.29, 1.82) is 0 Å². The Labute approximate surface area is 138 Å². The molecule has 2 aromatic rings. The molecule has 124 valence electrons. The molecule has 1 saturated carbocycles. The highest BCUT2D eigenvalue weighted by Crippen LogP contribution is 2.36. The number of H-pyrrole nitrogens is 1. The zero-order chi connectivity index (χ0) is 15.8. The van der Waals surface area contributed by atoms with Gasteiger partial charge in [-0.25, -0.2) is 4.98 Å². The molecule has 1 aromatic heterocycles. The topological polar surface area (TPSA) is 35.2 Å². The van der Waals surface area contributed by atoms with Crippen LogP contribution in [0.25, 0.3) is 11.0 Å². The van der Waals surface area contributed by atoms with Crippen LogP contribution in [0.15, 0.2) is 18.2 Å². The Hall–Kier alpha value is -1.39. The number of likely N-dealkylation sites (tertiary alicyclic amines) is 1. The molecule has 2 fully saturated rings. The molecular formula is C19H28N4. The van der Waals surface area contributed by atoms with Crippen LogP contribution < -0.4 is 0 Å². The lowest BCUT2D eigenvalue weighted by Crippen LogP contribution is -2.38. The molecule has 0 amide bonds. The number of fused-ring (bicyclic) bond motifs is 3. The fourth-order valence-electron chi connectivity index (χ4n) is 4.35. The van der Waals surface area contributed by atoms with E-state index >= 15 is 0 Å². The molecule has 2 atom stereocenters. The molecule has 2 bridgehead atoms. The van der Waals surface area contributed by atoms with Gasteiger partial charge in [-0.05, 0) is 50.8 Å². The van der Waals surface area contributed by atoms with E-state index in [0.29, 0.717) is 0 Å². The molecule has 1 N–H and O–H groups in total. The van der Waals surface area contributed by atoms with Gasteiger partial charge in [-0.1, -0.05) is 12.1 Å². The van der Waals surface area contributed by atoms with Crippen LogP contribution >= 0.6 is 0 Å². The monoisotopic (exact) mass is 312 g/mol.